The molecule has 4 heteroatoms. The van der Waals surface area contributed by atoms with Crippen molar-refractivity contribution >= 4 is 5.69 Å². The van der Waals surface area contributed by atoms with Crippen LogP contribution in [-0.2, 0) is 0 Å². The van der Waals surface area contributed by atoms with Crippen LogP contribution in [0.25, 0.3) is 5.69 Å². The molecule has 0 saturated carbocycles. The largest absolute Gasteiger partial charge is 0.497 e. The zero-order valence-corrected chi connectivity index (χ0v) is 13.1. The Morgan fingerprint density at radius 1 is 0.913 bits per heavy atom. The number of methoxy groups -OCH3 is 2. The second-order valence-corrected chi connectivity index (χ2v) is 5.54. The molecule has 3 aromatic rings. The molecule has 4 rings (SSSR count). The van der Waals surface area contributed by atoms with E-state index in [1.54, 1.807) is 14.2 Å². The van der Waals surface area contributed by atoms with Crippen molar-refractivity contribution in [2.24, 2.45) is 0 Å². The van der Waals surface area contributed by atoms with Crippen LogP contribution >= 0.6 is 0 Å². The normalized spacial score (nSPS) is 15.3. The highest BCUT2D eigenvalue weighted by atomic mass is 16.5. The number of rotatable bonds is 3. The average molecular weight is 306 g/mol. The number of nitrogens with zero attached hydrogens (tertiary/aromatic N) is 1. The molecule has 4 nitrogen and oxygen atoms in total. The molecule has 0 amide bonds. The Labute approximate surface area is 135 Å². The third-order valence-electron chi connectivity index (χ3n) is 4.29. The fourth-order valence-electron chi connectivity index (χ4n) is 3.10. The van der Waals surface area contributed by atoms with E-state index in [2.05, 4.69) is 46.4 Å². The van der Waals surface area contributed by atoms with Crippen molar-refractivity contribution in [1.29, 1.82) is 0 Å². The molecule has 0 radical (unpaired) electrons. The summed E-state index contributed by atoms with van der Waals surface area (Å²) in [7, 11) is 3.37. The van der Waals surface area contributed by atoms with Crippen molar-refractivity contribution in [3.05, 3.63) is 72.1 Å². The smallest absolute Gasteiger partial charge is 0.121 e. The van der Waals surface area contributed by atoms with Gasteiger partial charge in [-0.05, 0) is 42.0 Å². The third kappa shape index (κ3) is 2.23. The summed E-state index contributed by atoms with van der Waals surface area (Å²) in [6.45, 7) is 0. The number of hydrogen-bond donors (Lipinski definition) is 1. The molecule has 23 heavy (non-hydrogen) atoms. The van der Waals surface area contributed by atoms with Crippen LogP contribution in [0.4, 0.5) is 5.69 Å². The number of benzene rings is 2. The van der Waals surface area contributed by atoms with Gasteiger partial charge in [-0.25, -0.2) is 0 Å². The van der Waals surface area contributed by atoms with Crippen LogP contribution in [0.5, 0.6) is 11.5 Å². The number of hydrogen-bond acceptors (Lipinski definition) is 3. The van der Waals surface area contributed by atoms with E-state index in [-0.39, 0.29) is 6.04 Å². The van der Waals surface area contributed by atoms with Crippen molar-refractivity contribution in [2.75, 3.05) is 19.5 Å². The van der Waals surface area contributed by atoms with Crippen LogP contribution in [0.1, 0.15) is 17.3 Å². The molecular formula is C19H18N2O2. The van der Waals surface area contributed by atoms with Crippen molar-refractivity contribution in [1.82, 2.24) is 4.57 Å². The SMILES string of the molecule is COc1ccc([C@@H]2Nc3cc(OC)ccc3-n3cccc32)cc1. The van der Waals surface area contributed by atoms with E-state index in [1.807, 2.05) is 24.3 Å². The summed E-state index contributed by atoms with van der Waals surface area (Å²) in [6, 6.07) is 18.6. The first kappa shape index (κ1) is 13.8. The summed E-state index contributed by atoms with van der Waals surface area (Å²) < 4.78 is 12.8. The summed E-state index contributed by atoms with van der Waals surface area (Å²) in [4.78, 5) is 0. The summed E-state index contributed by atoms with van der Waals surface area (Å²) in [5.74, 6) is 1.71. The molecule has 0 aliphatic carbocycles. The first-order valence-electron chi connectivity index (χ1n) is 7.56. The van der Waals surface area contributed by atoms with Crippen LogP contribution in [-0.4, -0.2) is 18.8 Å². The zero-order valence-electron chi connectivity index (χ0n) is 13.1. The summed E-state index contributed by atoms with van der Waals surface area (Å²) in [5, 5.41) is 3.63. The predicted octanol–water partition coefficient (Wildman–Crippen LogP) is 4.01. The Bertz CT molecular complexity index is 837. The number of nitrogens with one attached hydrogen (secondary N) is 1. The van der Waals surface area contributed by atoms with E-state index >= 15 is 0 Å². The second kappa shape index (κ2) is 5.39. The van der Waals surface area contributed by atoms with Crippen LogP contribution in [0, 0.1) is 0 Å². The Morgan fingerprint density at radius 3 is 2.39 bits per heavy atom. The Morgan fingerprint density at radius 2 is 1.65 bits per heavy atom. The zero-order chi connectivity index (χ0) is 15.8. The van der Waals surface area contributed by atoms with Gasteiger partial charge in [0.1, 0.15) is 11.5 Å². The summed E-state index contributed by atoms with van der Waals surface area (Å²) in [6.07, 6.45) is 2.10. The van der Waals surface area contributed by atoms with Crippen LogP contribution in [0.2, 0.25) is 0 Å². The van der Waals surface area contributed by atoms with E-state index in [0.717, 1.165) is 22.9 Å². The highest BCUT2D eigenvalue weighted by Crippen LogP contribution is 2.38. The molecular weight excluding hydrogens is 288 g/mol. The molecule has 2 heterocycles. The lowest BCUT2D eigenvalue weighted by atomic mass is 10.0. The molecule has 0 saturated heterocycles. The Kier molecular flexibility index (Phi) is 3.23. The molecule has 116 valence electrons. The molecule has 1 aromatic heterocycles. The van der Waals surface area contributed by atoms with Gasteiger partial charge in [0.15, 0.2) is 0 Å². The first-order chi connectivity index (χ1) is 11.3. The third-order valence-corrected chi connectivity index (χ3v) is 4.29. The minimum absolute atomic E-state index is 0.0931. The van der Waals surface area contributed by atoms with Gasteiger partial charge in [-0.1, -0.05) is 12.1 Å². The van der Waals surface area contributed by atoms with Crippen molar-refractivity contribution in [2.45, 2.75) is 6.04 Å². The van der Waals surface area contributed by atoms with Crippen molar-refractivity contribution < 1.29 is 9.47 Å². The average Bonchev–Trinajstić information content (AvgIpc) is 3.10. The minimum Gasteiger partial charge on any atom is -0.497 e. The lowest BCUT2D eigenvalue weighted by molar-refractivity contribution is 0.414. The number of aromatic nitrogens is 1. The minimum atomic E-state index is 0.0931. The van der Waals surface area contributed by atoms with Gasteiger partial charge in [0.05, 0.1) is 31.6 Å². The molecule has 1 atom stereocenters. The highest BCUT2D eigenvalue weighted by molar-refractivity contribution is 5.69. The van der Waals surface area contributed by atoms with Gasteiger partial charge in [0.25, 0.3) is 0 Å². The fraction of sp³-hybridized carbons (Fsp3) is 0.158. The lowest BCUT2D eigenvalue weighted by Crippen LogP contribution is -2.22. The van der Waals surface area contributed by atoms with Gasteiger partial charge >= 0.3 is 0 Å². The van der Waals surface area contributed by atoms with Crippen LogP contribution in [0.15, 0.2) is 60.8 Å². The molecule has 2 aromatic carbocycles. The second-order valence-electron chi connectivity index (χ2n) is 5.54. The van der Waals surface area contributed by atoms with E-state index in [1.165, 1.54) is 11.3 Å². The molecule has 1 aliphatic heterocycles. The van der Waals surface area contributed by atoms with Gasteiger partial charge < -0.3 is 19.4 Å². The first-order valence-corrected chi connectivity index (χ1v) is 7.56. The highest BCUT2D eigenvalue weighted by Gasteiger charge is 2.25. The molecule has 0 fully saturated rings. The standard InChI is InChI=1S/C19H18N2O2/c1-22-14-7-5-13(6-8-14)19-18-4-3-11-21(18)17-10-9-15(23-2)12-16(17)20-19/h3-12,19-20H,1-2H3/t19-/m0/s1. The van der Waals surface area contributed by atoms with Gasteiger partial charge in [0.2, 0.25) is 0 Å². The molecule has 1 aliphatic rings. The van der Waals surface area contributed by atoms with Crippen molar-refractivity contribution in [3.63, 3.8) is 0 Å². The maximum atomic E-state index is 5.36. The van der Waals surface area contributed by atoms with Gasteiger partial charge in [0, 0.05) is 18.0 Å². The van der Waals surface area contributed by atoms with Crippen LogP contribution in [0.3, 0.4) is 0 Å². The number of anilines is 1. The number of fused-ring (bicyclic) bond motifs is 3. The van der Waals surface area contributed by atoms with E-state index < -0.39 is 0 Å². The maximum Gasteiger partial charge on any atom is 0.121 e. The maximum absolute atomic E-state index is 5.36. The topological polar surface area (TPSA) is 35.4 Å². The Hall–Kier alpha value is -2.88. The van der Waals surface area contributed by atoms with Crippen molar-refractivity contribution in [3.8, 4) is 17.2 Å². The predicted molar refractivity (Wildman–Crippen MR) is 90.8 cm³/mol. The van der Waals surface area contributed by atoms with Gasteiger partial charge in [-0.2, -0.15) is 0 Å². The molecule has 0 spiro atoms. The fourth-order valence-corrected chi connectivity index (χ4v) is 3.10. The van der Waals surface area contributed by atoms with E-state index in [4.69, 9.17) is 9.47 Å². The lowest BCUT2D eigenvalue weighted by Gasteiger charge is -2.30. The van der Waals surface area contributed by atoms with E-state index in [9.17, 15) is 0 Å². The summed E-state index contributed by atoms with van der Waals surface area (Å²) in [5.41, 5.74) is 4.61. The molecule has 0 bridgehead atoms. The van der Waals surface area contributed by atoms with Crippen LogP contribution < -0.4 is 14.8 Å². The summed E-state index contributed by atoms with van der Waals surface area (Å²) >= 11 is 0. The van der Waals surface area contributed by atoms with E-state index in [0.29, 0.717) is 0 Å². The molecule has 0 unspecified atom stereocenters. The van der Waals surface area contributed by atoms with Gasteiger partial charge in [-0.3, -0.25) is 0 Å². The monoisotopic (exact) mass is 306 g/mol. The Balaban J connectivity index is 1.80. The van der Waals surface area contributed by atoms with Gasteiger partial charge in [-0.15, -0.1) is 0 Å². The number of ether oxygens (including phenoxy) is 2. The molecule has 1 N–H and O–H groups in total. The quantitative estimate of drug-likeness (QED) is 0.794.